The highest BCUT2D eigenvalue weighted by molar-refractivity contribution is 8.15. The SMILES string of the molecule is COc1c(C)cc(O)c(C=NN=C2NC(=O)CS2)c1C. The molecule has 1 aromatic carbocycles. The molecule has 1 aliphatic rings. The number of ether oxygens (including phenoxy) is 1. The fourth-order valence-electron chi connectivity index (χ4n) is 1.95. The molecule has 0 spiro atoms. The van der Waals surface area contributed by atoms with Gasteiger partial charge in [-0.2, -0.15) is 5.10 Å². The van der Waals surface area contributed by atoms with Crippen molar-refractivity contribution in [2.45, 2.75) is 13.8 Å². The molecule has 0 radical (unpaired) electrons. The maximum Gasteiger partial charge on any atom is 0.236 e. The molecule has 0 atom stereocenters. The van der Waals surface area contributed by atoms with Gasteiger partial charge in [-0.15, -0.1) is 5.10 Å². The number of nitrogens with zero attached hydrogens (tertiary/aromatic N) is 2. The summed E-state index contributed by atoms with van der Waals surface area (Å²) in [5, 5.41) is 20.8. The quantitative estimate of drug-likeness (QED) is 0.654. The molecule has 106 valence electrons. The molecule has 1 amide bonds. The first-order valence-electron chi connectivity index (χ1n) is 5.93. The molecule has 0 saturated carbocycles. The topological polar surface area (TPSA) is 83.3 Å². The van der Waals surface area contributed by atoms with Crippen molar-refractivity contribution in [1.29, 1.82) is 0 Å². The maximum atomic E-state index is 11.0. The third-order valence-corrected chi connectivity index (χ3v) is 3.72. The Hall–Kier alpha value is -2.02. The summed E-state index contributed by atoms with van der Waals surface area (Å²) in [6, 6.07) is 1.62. The fraction of sp³-hybridized carbons (Fsp3) is 0.308. The summed E-state index contributed by atoms with van der Waals surface area (Å²) in [5.41, 5.74) is 2.19. The van der Waals surface area contributed by atoms with E-state index in [9.17, 15) is 9.90 Å². The molecule has 0 aliphatic carbocycles. The standard InChI is InChI=1S/C13H15N3O3S/c1-7-4-10(17)9(8(2)12(7)19-3)5-14-16-13-15-11(18)6-20-13/h4-5,17H,6H2,1-3H3,(H,15,16,18). The van der Waals surface area contributed by atoms with Crippen LogP contribution >= 0.6 is 11.8 Å². The van der Waals surface area contributed by atoms with Crippen LogP contribution in [0.2, 0.25) is 0 Å². The highest BCUT2D eigenvalue weighted by atomic mass is 32.2. The molecule has 7 heteroatoms. The van der Waals surface area contributed by atoms with E-state index < -0.39 is 0 Å². The molecular formula is C13H15N3O3S. The number of hydrogen-bond acceptors (Lipinski definition) is 6. The van der Waals surface area contributed by atoms with E-state index in [4.69, 9.17) is 4.74 Å². The van der Waals surface area contributed by atoms with E-state index in [1.54, 1.807) is 13.2 Å². The number of hydrogen-bond donors (Lipinski definition) is 2. The Labute approximate surface area is 120 Å². The van der Waals surface area contributed by atoms with Gasteiger partial charge in [-0.3, -0.25) is 4.79 Å². The molecule has 1 fully saturated rings. The lowest BCUT2D eigenvalue weighted by atomic mass is 10.0. The second kappa shape index (κ2) is 5.96. The second-order valence-corrected chi connectivity index (χ2v) is 5.24. The van der Waals surface area contributed by atoms with E-state index in [0.29, 0.717) is 22.2 Å². The van der Waals surface area contributed by atoms with Gasteiger partial charge >= 0.3 is 0 Å². The Bertz CT molecular complexity index is 611. The lowest BCUT2D eigenvalue weighted by Gasteiger charge is -2.12. The maximum absolute atomic E-state index is 11.0. The summed E-state index contributed by atoms with van der Waals surface area (Å²) in [5.74, 6) is 1.10. The van der Waals surface area contributed by atoms with Crippen molar-refractivity contribution in [3.63, 3.8) is 0 Å². The monoisotopic (exact) mass is 293 g/mol. The Balaban J connectivity index is 2.27. The lowest BCUT2D eigenvalue weighted by Crippen LogP contribution is -2.19. The summed E-state index contributed by atoms with van der Waals surface area (Å²) >= 11 is 1.29. The van der Waals surface area contributed by atoms with Gasteiger partial charge in [0, 0.05) is 11.1 Å². The number of rotatable bonds is 3. The van der Waals surface area contributed by atoms with E-state index in [1.807, 2.05) is 13.8 Å². The molecule has 1 aromatic rings. The van der Waals surface area contributed by atoms with Crippen molar-refractivity contribution in [3.05, 3.63) is 22.8 Å². The lowest BCUT2D eigenvalue weighted by molar-refractivity contribution is -0.116. The minimum atomic E-state index is -0.0833. The van der Waals surface area contributed by atoms with E-state index >= 15 is 0 Å². The number of phenols is 1. The molecule has 0 aromatic heterocycles. The van der Waals surface area contributed by atoms with Crippen LogP contribution < -0.4 is 10.1 Å². The third-order valence-electron chi connectivity index (χ3n) is 2.86. The van der Waals surface area contributed by atoms with Crippen molar-refractivity contribution in [1.82, 2.24) is 5.32 Å². The Morgan fingerprint density at radius 2 is 2.25 bits per heavy atom. The van der Waals surface area contributed by atoms with E-state index in [2.05, 4.69) is 15.5 Å². The van der Waals surface area contributed by atoms with Crippen LogP contribution in [-0.4, -0.2) is 35.3 Å². The number of carbonyl (C=O) groups excluding carboxylic acids is 1. The Morgan fingerprint density at radius 3 is 2.85 bits per heavy atom. The zero-order chi connectivity index (χ0) is 14.7. The summed E-state index contributed by atoms with van der Waals surface area (Å²) < 4.78 is 5.30. The van der Waals surface area contributed by atoms with Crippen LogP contribution in [0.25, 0.3) is 0 Å². The molecular weight excluding hydrogens is 278 g/mol. The van der Waals surface area contributed by atoms with Gasteiger partial charge in [0.05, 0.1) is 19.1 Å². The zero-order valence-electron chi connectivity index (χ0n) is 11.4. The average molecular weight is 293 g/mol. The number of thioether (sulfide) groups is 1. The molecule has 2 rings (SSSR count). The number of aryl methyl sites for hydroxylation is 1. The summed E-state index contributed by atoms with van der Waals surface area (Å²) in [6.07, 6.45) is 1.45. The van der Waals surface area contributed by atoms with Crippen molar-refractivity contribution in [3.8, 4) is 11.5 Å². The molecule has 2 N–H and O–H groups in total. The second-order valence-electron chi connectivity index (χ2n) is 4.27. The number of aromatic hydroxyl groups is 1. The van der Waals surface area contributed by atoms with Gasteiger partial charge in [-0.05, 0) is 25.5 Å². The minimum Gasteiger partial charge on any atom is -0.507 e. The normalized spacial score (nSPS) is 16.9. The molecule has 1 saturated heterocycles. The summed E-state index contributed by atoms with van der Waals surface area (Å²) in [4.78, 5) is 11.0. The summed E-state index contributed by atoms with van der Waals surface area (Å²) in [6.45, 7) is 3.70. The summed E-state index contributed by atoms with van der Waals surface area (Å²) in [7, 11) is 1.58. The average Bonchev–Trinajstić information content (AvgIpc) is 2.79. The first-order chi connectivity index (χ1) is 9.52. The van der Waals surface area contributed by atoms with Gasteiger partial charge in [-0.25, -0.2) is 0 Å². The highest BCUT2D eigenvalue weighted by Gasteiger charge is 2.16. The molecule has 20 heavy (non-hydrogen) atoms. The van der Waals surface area contributed by atoms with Crippen LogP contribution in [0.4, 0.5) is 0 Å². The number of phenolic OH excluding ortho intramolecular Hbond substituents is 1. The first kappa shape index (κ1) is 14.4. The van der Waals surface area contributed by atoms with E-state index in [-0.39, 0.29) is 11.7 Å². The molecule has 1 aliphatic heterocycles. The first-order valence-corrected chi connectivity index (χ1v) is 6.92. The van der Waals surface area contributed by atoms with E-state index in [0.717, 1.165) is 11.1 Å². The third kappa shape index (κ3) is 2.93. The number of amides is 1. The molecule has 0 bridgehead atoms. The number of benzene rings is 1. The van der Waals surface area contributed by atoms with E-state index in [1.165, 1.54) is 18.0 Å². The van der Waals surface area contributed by atoms with Crippen molar-refractivity contribution >= 4 is 29.1 Å². The fourth-order valence-corrected chi connectivity index (χ4v) is 2.58. The number of amidine groups is 1. The predicted molar refractivity (Wildman–Crippen MR) is 79.8 cm³/mol. The zero-order valence-corrected chi connectivity index (χ0v) is 12.2. The van der Waals surface area contributed by atoms with Gasteiger partial charge in [0.2, 0.25) is 5.91 Å². The molecule has 6 nitrogen and oxygen atoms in total. The van der Waals surface area contributed by atoms with Crippen LogP contribution in [0.3, 0.4) is 0 Å². The number of nitrogens with one attached hydrogen (secondary N) is 1. The van der Waals surface area contributed by atoms with Crippen LogP contribution in [-0.2, 0) is 4.79 Å². The van der Waals surface area contributed by atoms with Crippen molar-refractivity contribution in [2.24, 2.45) is 10.2 Å². The Morgan fingerprint density at radius 1 is 1.50 bits per heavy atom. The van der Waals surface area contributed by atoms with Gasteiger partial charge in [0.15, 0.2) is 5.17 Å². The van der Waals surface area contributed by atoms with Crippen molar-refractivity contribution < 1.29 is 14.6 Å². The molecule has 0 unspecified atom stereocenters. The van der Waals surface area contributed by atoms with Crippen LogP contribution in [0.5, 0.6) is 11.5 Å². The van der Waals surface area contributed by atoms with Gasteiger partial charge < -0.3 is 15.2 Å². The van der Waals surface area contributed by atoms with Crippen LogP contribution in [0.15, 0.2) is 16.3 Å². The largest absolute Gasteiger partial charge is 0.507 e. The molecule has 1 heterocycles. The van der Waals surface area contributed by atoms with Crippen LogP contribution in [0, 0.1) is 13.8 Å². The van der Waals surface area contributed by atoms with Crippen LogP contribution in [0.1, 0.15) is 16.7 Å². The van der Waals surface area contributed by atoms with Gasteiger partial charge in [0.1, 0.15) is 11.5 Å². The highest BCUT2D eigenvalue weighted by Crippen LogP contribution is 2.31. The predicted octanol–water partition coefficient (Wildman–Crippen LogP) is 1.57. The van der Waals surface area contributed by atoms with Crippen molar-refractivity contribution in [2.75, 3.05) is 12.9 Å². The Kier molecular flexibility index (Phi) is 4.29. The number of carbonyl (C=O) groups is 1. The van der Waals surface area contributed by atoms with Gasteiger partial charge in [-0.1, -0.05) is 11.8 Å². The number of methoxy groups -OCH3 is 1. The van der Waals surface area contributed by atoms with Gasteiger partial charge in [0.25, 0.3) is 0 Å². The smallest absolute Gasteiger partial charge is 0.236 e. The minimum absolute atomic E-state index is 0.0833.